The van der Waals surface area contributed by atoms with Crippen LogP contribution in [0.5, 0.6) is 11.5 Å². The Hall–Kier alpha value is -4.12. The van der Waals surface area contributed by atoms with Gasteiger partial charge in [0.05, 0.1) is 16.6 Å². The first-order valence-electron chi connectivity index (χ1n) is 14.4. The van der Waals surface area contributed by atoms with Crippen molar-refractivity contribution < 1.29 is 14.0 Å². The van der Waals surface area contributed by atoms with E-state index in [1.54, 1.807) is 0 Å². The molecule has 2 aliphatic heterocycles. The van der Waals surface area contributed by atoms with Gasteiger partial charge >= 0.3 is 7.12 Å². The first-order chi connectivity index (χ1) is 19.8. The lowest BCUT2D eigenvalue weighted by molar-refractivity contribution is 0.00578. The van der Waals surface area contributed by atoms with Crippen molar-refractivity contribution in [3.05, 3.63) is 137 Å². The van der Waals surface area contributed by atoms with Crippen molar-refractivity contribution in [3.8, 4) is 11.5 Å². The maximum atomic E-state index is 6.80. The molecule has 200 valence electrons. The second-order valence-corrected chi connectivity index (χ2v) is 12.4. The van der Waals surface area contributed by atoms with Crippen LogP contribution < -0.4 is 10.2 Å². The highest BCUT2D eigenvalue weighted by molar-refractivity contribution is 6.62. The number of hydrogen-bond donors (Lipinski definition) is 0. The molecule has 1 fully saturated rings. The summed E-state index contributed by atoms with van der Waals surface area (Å²) in [6, 6.07) is 36.9. The van der Waals surface area contributed by atoms with Gasteiger partial charge in [-0.3, -0.25) is 0 Å². The van der Waals surface area contributed by atoms with Crippen LogP contribution >= 0.6 is 0 Å². The van der Waals surface area contributed by atoms with Crippen LogP contribution in [0.4, 0.5) is 0 Å². The molecule has 0 bridgehead atoms. The van der Waals surface area contributed by atoms with Crippen molar-refractivity contribution in [3.63, 3.8) is 0 Å². The number of rotatable bonds is 1. The molecule has 3 aliphatic rings. The van der Waals surface area contributed by atoms with Gasteiger partial charge in [0, 0.05) is 16.5 Å². The normalized spacial score (nSPS) is 21.0. The number of benzene rings is 5. The lowest BCUT2D eigenvalue weighted by Gasteiger charge is -2.43. The number of para-hydroxylation sites is 1. The van der Waals surface area contributed by atoms with Crippen molar-refractivity contribution in [2.75, 3.05) is 0 Å². The van der Waals surface area contributed by atoms with E-state index in [2.05, 4.69) is 143 Å². The fourth-order valence-electron chi connectivity index (χ4n) is 6.83. The molecule has 1 aliphatic carbocycles. The highest BCUT2D eigenvalue weighted by Crippen LogP contribution is 2.58. The number of fused-ring (bicyclic) bond motifs is 10. The Balaban J connectivity index is 1.49. The second-order valence-electron chi connectivity index (χ2n) is 12.4. The van der Waals surface area contributed by atoms with Gasteiger partial charge in [0.15, 0.2) is 0 Å². The fraction of sp³-hybridized carbons (Fsp3) is 0.189. The third-order valence-corrected chi connectivity index (χ3v) is 9.60. The molecule has 2 heterocycles. The third kappa shape index (κ3) is 3.35. The third-order valence-electron chi connectivity index (χ3n) is 9.60. The van der Waals surface area contributed by atoms with E-state index in [0.29, 0.717) is 0 Å². The minimum absolute atomic E-state index is 0.425. The maximum absolute atomic E-state index is 6.80. The summed E-state index contributed by atoms with van der Waals surface area (Å²) in [4.78, 5) is 0. The average molecular weight is 534 g/mol. The van der Waals surface area contributed by atoms with Crippen LogP contribution in [0.3, 0.4) is 0 Å². The van der Waals surface area contributed by atoms with Crippen LogP contribution in [-0.4, -0.2) is 18.3 Å². The summed E-state index contributed by atoms with van der Waals surface area (Å²) in [5.74, 6) is 1.78. The lowest BCUT2D eigenvalue weighted by Crippen LogP contribution is -2.41. The maximum Gasteiger partial charge on any atom is 0.494 e. The van der Waals surface area contributed by atoms with Crippen molar-refractivity contribution in [2.45, 2.75) is 44.3 Å². The molecule has 1 spiro atoms. The highest BCUT2D eigenvalue weighted by atomic mass is 16.7. The molecule has 0 saturated carbocycles. The van der Waals surface area contributed by atoms with Crippen molar-refractivity contribution >= 4 is 35.5 Å². The zero-order valence-electron chi connectivity index (χ0n) is 23.8. The zero-order chi connectivity index (χ0) is 28.0. The smallest absolute Gasteiger partial charge is 0.456 e. The lowest BCUT2D eigenvalue weighted by atomic mass is 9.61. The van der Waals surface area contributed by atoms with E-state index >= 15 is 0 Å². The molecule has 0 N–H and O–H groups in total. The van der Waals surface area contributed by atoms with E-state index in [9.17, 15) is 0 Å². The largest absolute Gasteiger partial charge is 0.494 e. The SMILES string of the molecule is CC1(C)OB(c2ccc3c(c2)C2(c4ccccc4C=C3)c3ccccc3Oc3c2ccc2ccccc32)OC1(C)C. The Morgan fingerprint density at radius 3 is 2.02 bits per heavy atom. The molecular weight excluding hydrogens is 503 g/mol. The standard InChI is InChI=1S/C37H31BO3/c1-35(2)36(3,4)41-38(40-35)27-21-19-26-18-17-25-12-6-8-14-29(25)37(32(26)23-27)30-15-9-10-16-33(30)39-34-28-13-7-5-11-24(28)20-22-31(34)37/h5-23H,1-4H3. The van der Waals surface area contributed by atoms with E-state index in [-0.39, 0.29) is 0 Å². The first kappa shape index (κ1) is 24.7. The van der Waals surface area contributed by atoms with Gasteiger partial charge in [0.2, 0.25) is 0 Å². The zero-order valence-corrected chi connectivity index (χ0v) is 23.8. The van der Waals surface area contributed by atoms with Gasteiger partial charge < -0.3 is 14.0 Å². The number of ether oxygens (including phenoxy) is 1. The van der Waals surface area contributed by atoms with E-state index in [4.69, 9.17) is 14.0 Å². The monoisotopic (exact) mass is 534 g/mol. The van der Waals surface area contributed by atoms with Crippen molar-refractivity contribution in [1.82, 2.24) is 0 Å². The van der Waals surface area contributed by atoms with Gasteiger partial charge in [-0.2, -0.15) is 0 Å². The molecule has 1 unspecified atom stereocenters. The van der Waals surface area contributed by atoms with Gasteiger partial charge in [-0.15, -0.1) is 0 Å². The van der Waals surface area contributed by atoms with Crippen LogP contribution in [0.25, 0.3) is 22.9 Å². The Morgan fingerprint density at radius 1 is 0.561 bits per heavy atom. The van der Waals surface area contributed by atoms with Gasteiger partial charge in [-0.25, -0.2) is 0 Å². The summed E-state index contributed by atoms with van der Waals surface area (Å²) in [5, 5.41) is 2.27. The Kier molecular flexibility index (Phi) is 5.08. The summed E-state index contributed by atoms with van der Waals surface area (Å²) in [6.45, 7) is 8.42. The van der Waals surface area contributed by atoms with E-state index < -0.39 is 23.7 Å². The Labute approximate surface area is 241 Å². The Morgan fingerprint density at radius 2 is 1.22 bits per heavy atom. The first-order valence-corrected chi connectivity index (χ1v) is 14.4. The summed E-state index contributed by atoms with van der Waals surface area (Å²) >= 11 is 0. The predicted octanol–water partition coefficient (Wildman–Crippen LogP) is 8.11. The van der Waals surface area contributed by atoms with Crippen LogP contribution in [-0.2, 0) is 14.7 Å². The summed E-state index contributed by atoms with van der Waals surface area (Å²) in [5.41, 5.74) is 6.59. The van der Waals surface area contributed by atoms with Crippen molar-refractivity contribution in [1.29, 1.82) is 0 Å². The molecule has 41 heavy (non-hydrogen) atoms. The van der Waals surface area contributed by atoms with Gasteiger partial charge in [-0.1, -0.05) is 109 Å². The molecule has 5 aromatic carbocycles. The summed E-state index contributed by atoms with van der Waals surface area (Å²) < 4.78 is 19.9. The van der Waals surface area contributed by atoms with Crippen LogP contribution in [0.1, 0.15) is 61.1 Å². The predicted molar refractivity (Wildman–Crippen MR) is 167 cm³/mol. The summed E-state index contributed by atoms with van der Waals surface area (Å²) in [7, 11) is -0.462. The van der Waals surface area contributed by atoms with E-state index in [1.165, 1.54) is 16.7 Å². The van der Waals surface area contributed by atoms with E-state index in [0.717, 1.165) is 44.4 Å². The molecule has 1 saturated heterocycles. The molecule has 0 radical (unpaired) electrons. The fourth-order valence-corrected chi connectivity index (χ4v) is 6.83. The minimum atomic E-state index is -0.622. The van der Waals surface area contributed by atoms with Gasteiger partial charge in [0.25, 0.3) is 0 Å². The Bertz CT molecular complexity index is 1890. The van der Waals surface area contributed by atoms with Crippen molar-refractivity contribution in [2.24, 2.45) is 0 Å². The van der Waals surface area contributed by atoms with Gasteiger partial charge in [0.1, 0.15) is 11.5 Å². The van der Waals surface area contributed by atoms with Crippen LogP contribution in [0.2, 0.25) is 0 Å². The molecular formula is C37H31BO3. The second kappa shape index (κ2) is 8.45. The topological polar surface area (TPSA) is 27.7 Å². The minimum Gasteiger partial charge on any atom is -0.456 e. The molecule has 5 aromatic rings. The number of hydrogen-bond acceptors (Lipinski definition) is 3. The molecule has 8 rings (SSSR count). The molecule has 0 aromatic heterocycles. The highest BCUT2D eigenvalue weighted by Gasteiger charge is 2.53. The molecule has 1 atom stereocenters. The molecule has 0 amide bonds. The molecule has 4 heteroatoms. The quantitative estimate of drug-likeness (QED) is 0.199. The van der Waals surface area contributed by atoms with Gasteiger partial charge in [-0.05, 0) is 66.9 Å². The molecule has 3 nitrogen and oxygen atoms in total. The van der Waals surface area contributed by atoms with Crippen LogP contribution in [0, 0.1) is 0 Å². The summed E-state index contributed by atoms with van der Waals surface area (Å²) in [6.07, 6.45) is 4.49. The van der Waals surface area contributed by atoms with Crippen LogP contribution in [0.15, 0.2) is 103 Å². The average Bonchev–Trinajstić information content (AvgIpc) is 3.11. The van der Waals surface area contributed by atoms with E-state index in [1.807, 2.05) is 0 Å².